The molecule has 1 amide bonds. The molecule has 0 bridgehead atoms. The third kappa shape index (κ3) is 4.73. The minimum Gasteiger partial charge on any atom is -0.497 e. The molecule has 3 N–H and O–H groups in total. The zero-order valence-electron chi connectivity index (χ0n) is 11.0. The fourth-order valence-electron chi connectivity index (χ4n) is 1.61. The molecule has 0 heterocycles. The van der Waals surface area contributed by atoms with E-state index in [2.05, 4.69) is 5.32 Å². The predicted octanol–water partition coefficient (Wildman–Crippen LogP) is 0.914. The van der Waals surface area contributed by atoms with Crippen LogP contribution < -0.4 is 15.8 Å². The smallest absolute Gasteiger partial charge is 0.238 e. The summed E-state index contributed by atoms with van der Waals surface area (Å²) in [5, 5.41) is 2.84. The maximum absolute atomic E-state index is 11.8. The number of nitrogens with two attached hydrogens (primary N) is 1. The summed E-state index contributed by atoms with van der Waals surface area (Å²) in [6.07, 6.45) is 0. The first-order valence-electron chi connectivity index (χ1n) is 6.06. The van der Waals surface area contributed by atoms with Gasteiger partial charge in [-0.2, -0.15) is 0 Å². The Kier molecular flexibility index (Phi) is 6.18. The average molecular weight is 251 g/mol. The van der Waals surface area contributed by atoms with Crippen LogP contribution in [0, 0.1) is 0 Å². The second-order valence-electron chi connectivity index (χ2n) is 3.93. The van der Waals surface area contributed by atoms with Gasteiger partial charge in [0.1, 0.15) is 5.75 Å². The molecule has 5 heteroatoms. The Morgan fingerprint density at radius 3 is 2.56 bits per heavy atom. The van der Waals surface area contributed by atoms with Crippen LogP contribution in [0.1, 0.15) is 6.92 Å². The van der Waals surface area contributed by atoms with Crippen molar-refractivity contribution in [2.75, 3.05) is 38.6 Å². The highest BCUT2D eigenvalue weighted by Gasteiger charge is 2.08. The number of amides is 1. The van der Waals surface area contributed by atoms with E-state index >= 15 is 0 Å². The molecule has 0 fully saturated rings. The maximum atomic E-state index is 11.8. The summed E-state index contributed by atoms with van der Waals surface area (Å²) in [4.78, 5) is 13.8. The van der Waals surface area contributed by atoms with Crippen LogP contribution in [0.4, 0.5) is 5.69 Å². The summed E-state index contributed by atoms with van der Waals surface area (Å²) in [5.74, 6) is 0.738. The summed E-state index contributed by atoms with van der Waals surface area (Å²) in [6, 6.07) is 7.26. The summed E-state index contributed by atoms with van der Waals surface area (Å²) >= 11 is 0. The molecule has 1 aromatic rings. The number of nitrogens with one attached hydrogen (secondary N) is 1. The van der Waals surface area contributed by atoms with Crippen molar-refractivity contribution in [1.82, 2.24) is 4.90 Å². The van der Waals surface area contributed by atoms with E-state index in [0.29, 0.717) is 13.1 Å². The van der Waals surface area contributed by atoms with Gasteiger partial charge in [0.2, 0.25) is 5.91 Å². The molecule has 0 aliphatic heterocycles. The SMILES string of the molecule is CCN(CCN)CC(=O)Nc1ccc(OC)cc1. The monoisotopic (exact) mass is 251 g/mol. The van der Waals surface area contributed by atoms with Gasteiger partial charge in [-0.3, -0.25) is 9.69 Å². The molecule has 0 saturated carbocycles. The molecule has 1 rings (SSSR count). The second-order valence-corrected chi connectivity index (χ2v) is 3.93. The molecule has 0 aliphatic carbocycles. The van der Waals surface area contributed by atoms with E-state index in [1.54, 1.807) is 7.11 Å². The minimum atomic E-state index is -0.0320. The lowest BCUT2D eigenvalue weighted by Crippen LogP contribution is -2.36. The van der Waals surface area contributed by atoms with Crippen molar-refractivity contribution in [3.63, 3.8) is 0 Å². The Balaban J connectivity index is 2.47. The second kappa shape index (κ2) is 7.68. The lowest BCUT2D eigenvalue weighted by Gasteiger charge is -2.18. The molecule has 0 aliphatic rings. The Morgan fingerprint density at radius 1 is 1.39 bits per heavy atom. The molecular formula is C13H21N3O2. The molecule has 5 nitrogen and oxygen atoms in total. The molecule has 100 valence electrons. The highest BCUT2D eigenvalue weighted by atomic mass is 16.5. The predicted molar refractivity (Wildman–Crippen MR) is 72.8 cm³/mol. The van der Waals surface area contributed by atoms with Crippen LogP contribution in [-0.4, -0.2) is 44.1 Å². The first-order chi connectivity index (χ1) is 8.69. The van der Waals surface area contributed by atoms with Crippen molar-refractivity contribution in [2.24, 2.45) is 5.73 Å². The standard InChI is InChI=1S/C13H21N3O2/c1-3-16(9-8-14)10-13(17)15-11-4-6-12(18-2)7-5-11/h4-7H,3,8-10,14H2,1-2H3,(H,15,17). The number of rotatable bonds is 7. The molecule has 1 aromatic carbocycles. The molecule has 0 aromatic heterocycles. The van der Waals surface area contributed by atoms with Gasteiger partial charge in [-0.15, -0.1) is 0 Å². The number of benzene rings is 1. The number of carbonyl (C=O) groups excluding carboxylic acids is 1. The van der Waals surface area contributed by atoms with E-state index in [9.17, 15) is 4.79 Å². The van der Waals surface area contributed by atoms with E-state index in [4.69, 9.17) is 10.5 Å². The molecule has 18 heavy (non-hydrogen) atoms. The van der Waals surface area contributed by atoms with Gasteiger partial charge in [-0.25, -0.2) is 0 Å². The van der Waals surface area contributed by atoms with Crippen LogP contribution in [-0.2, 0) is 4.79 Å². The van der Waals surface area contributed by atoms with Crippen molar-refractivity contribution in [1.29, 1.82) is 0 Å². The Labute approximate surface area is 108 Å². The number of hydrogen-bond donors (Lipinski definition) is 2. The molecular weight excluding hydrogens is 230 g/mol. The number of ether oxygens (including phenoxy) is 1. The van der Waals surface area contributed by atoms with Gasteiger partial charge >= 0.3 is 0 Å². The number of hydrogen-bond acceptors (Lipinski definition) is 4. The van der Waals surface area contributed by atoms with E-state index in [1.165, 1.54) is 0 Å². The fraction of sp³-hybridized carbons (Fsp3) is 0.462. The third-order valence-corrected chi connectivity index (χ3v) is 2.63. The van der Waals surface area contributed by atoms with Gasteiger partial charge in [0.05, 0.1) is 13.7 Å². The van der Waals surface area contributed by atoms with E-state index in [0.717, 1.165) is 24.5 Å². The number of nitrogens with zero attached hydrogens (tertiary/aromatic N) is 1. The van der Waals surface area contributed by atoms with Crippen LogP contribution in [0.2, 0.25) is 0 Å². The fourth-order valence-corrected chi connectivity index (χ4v) is 1.61. The minimum absolute atomic E-state index is 0.0320. The Hall–Kier alpha value is -1.59. The molecule has 0 radical (unpaired) electrons. The van der Waals surface area contributed by atoms with Crippen molar-refractivity contribution in [3.05, 3.63) is 24.3 Å². The number of carbonyl (C=O) groups is 1. The lowest BCUT2D eigenvalue weighted by molar-refractivity contribution is -0.117. The zero-order valence-corrected chi connectivity index (χ0v) is 11.0. The van der Waals surface area contributed by atoms with Crippen LogP contribution >= 0.6 is 0 Å². The highest BCUT2D eigenvalue weighted by Crippen LogP contribution is 2.14. The van der Waals surface area contributed by atoms with Crippen LogP contribution in [0.5, 0.6) is 5.75 Å². The topological polar surface area (TPSA) is 67.6 Å². The molecule has 0 atom stereocenters. The summed E-state index contributed by atoms with van der Waals surface area (Å²) in [6.45, 7) is 4.47. The summed E-state index contributed by atoms with van der Waals surface area (Å²) in [5.41, 5.74) is 6.25. The quantitative estimate of drug-likeness (QED) is 0.756. The Bertz CT molecular complexity index is 365. The Morgan fingerprint density at radius 2 is 2.06 bits per heavy atom. The normalized spacial score (nSPS) is 10.4. The number of anilines is 1. The first kappa shape index (κ1) is 14.5. The van der Waals surface area contributed by atoms with Gasteiger partial charge in [0, 0.05) is 18.8 Å². The van der Waals surface area contributed by atoms with Crippen molar-refractivity contribution < 1.29 is 9.53 Å². The van der Waals surface area contributed by atoms with E-state index in [1.807, 2.05) is 36.1 Å². The number of likely N-dealkylation sites (N-methyl/N-ethyl adjacent to an activating group) is 1. The van der Waals surface area contributed by atoms with Gasteiger partial charge in [-0.1, -0.05) is 6.92 Å². The van der Waals surface area contributed by atoms with Crippen LogP contribution in [0.3, 0.4) is 0 Å². The average Bonchev–Trinajstić information content (AvgIpc) is 2.39. The number of methoxy groups -OCH3 is 1. The molecule has 0 spiro atoms. The van der Waals surface area contributed by atoms with E-state index in [-0.39, 0.29) is 5.91 Å². The zero-order chi connectivity index (χ0) is 13.4. The molecule has 0 unspecified atom stereocenters. The van der Waals surface area contributed by atoms with Crippen molar-refractivity contribution in [2.45, 2.75) is 6.92 Å². The van der Waals surface area contributed by atoms with Crippen LogP contribution in [0.25, 0.3) is 0 Å². The van der Waals surface area contributed by atoms with Gasteiger partial charge < -0.3 is 15.8 Å². The van der Waals surface area contributed by atoms with Gasteiger partial charge in [0.15, 0.2) is 0 Å². The molecule has 0 saturated heterocycles. The largest absolute Gasteiger partial charge is 0.497 e. The summed E-state index contributed by atoms with van der Waals surface area (Å²) in [7, 11) is 1.61. The third-order valence-electron chi connectivity index (χ3n) is 2.63. The maximum Gasteiger partial charge on any atom is 0.238 e. The first-order valence-corrected chi connectivity index (χ1v) is 6.06. The van der Waals surface area contributed by atoms with Crippen molar-refractivity contribution >= 4 is 11.6 Å². The van der Waals surface area contributed by atoms with Gasteiger partial charge in [-0.05, 0) is 30.8 Å². The lowest BCUT2D eigenvalue weighted by atomic mass is 10.3. The van der Waals surface area contributed by atoms with Crippen LogP contribution in [0.15, 0.2) is 24.3 Å². The summed E-state index contributed by atoms with van der Waals surface area (Å²) < 4.78 is 5.05. The van der Waals surface area contributed by atoms with Crippen molar-refractivity contribution in [3.8, 4) is 5.75 Å². The van der Waals surface area contributed by atoms with Gasteiger partial charge in [0.25, 0.3) is 0 Å². The highest BCUT2D eigenvalue weighted by molar-refractivity contribution is 5.92. The van der Waals surface area contributed by atoms with E-state index < -0.39 is 0 Å².